The Kier molecular flexibility index (Phi) is 23.1. The van der Waals surface area contributed by atoms with E-state index in [4.69, 9.17) is 9.47 Å². The highest BCUT2D eigenvalue weighted by Crippen LogP contribution is 2.20. The number of rotatable bonds is 4. The van der Waals surface area contributed by atoms with Crippen LogP contribution in [0.2, 0.25) is 0 Å². The van der Waals surface area contributed by atoms with Crippen molar-refractivity contribution in [1.29, 1.82) is 0 Å². The third-order valence-electron chi connectivity index (χ3n) is 5.65. The van der Waals surface area contributed by atoms with Gasteiger partial charge in [0, 0.05) is 25.7 Å². The summed E-state index contributed by atoms with van der Waals surface area (Å²) in [7, 11) is 1.76. The summed E-state index contributed by atoms with van der Waals surface area (Å²) < 4.78 is 10.6. The van der Waals surface area contributed by atoms with Crippen LogP contribution >= 0.6 is 0 Å². The van der Waals surface area contributed by atoms with Crippen LogP contribution in [0.5, 0.6) is 0 Å². The van der Waals surface area contributed by atoms with Gasteiger partial charge in [-0.15, -0.1) is 20.4 Å². The zero-order valence-electron chi connectivity index (χ0n) is 27.1. The molecule has 4 heterocycles. The van der Waals surface area contributed by atoms with Gasteiger partial charge in [0.05, 0.1) is 19.2 Å². The number of tetrazole rings is 2. The molecule has 0 aliphatic carbocycles. The molecule has 2 atom stereocenters. The number of hydrogen-bond donors (Lipinski definition) is 0. The molecule has 0 saturated carbocycles. The Morgan fingerprint density at radius 1 is 0.789 bits per heavy atom. The Hall–Kier alpha value is -1.94. The Morgan fingerprint density at radius 3 is 1.63 bits per heavy atom. The van der Waals surface area contributed by atoms with E-state index in [-0.39, 0.29) is 0 Å². The first-order valence-electron chi connectivity index (χ1n) is 14.7. The molecule has 224 valence electrons. The number of nitrogens with zero attached hydrogens (tertiary/aromatic N) is 8. The molecule has 0 amide bonds. The number of aromatic nitrogens is 8. The Labute approximate surface area is 233 Å². The Balaban J connectivity index is 0. The summed E-state index contributed by atoms with van der Waals surface area (Å²) in [5, 5.41) is 23.0. The molecule has 10 heteroatoms. The summed E-state index contributed by atoms with van der Waals surface area (Å²) in [5.74, 6) is 4.28. The van der Waals surface area contributed by atoms with Gasteiger partial charge in [0.25, 0.3) is 0 Å². The van der Waals surface area contributed by atoms with Crippen LogP contribution in [-0.4, -0.2) is 66.3 Å². The predicted octanol–water partition coefficient (Wildman–Crippen LogP) is 6.45. The van der Waals surface area contributed by atoms with Gasteiger partial charge >= 0.3 is 0 Å². The topological polar surface area (TPSA) is 106 Å². The molecule has 4 rings (SSSR count). The number of hydrogen-bond acceptors (Lipinski definition) is 8. The van der Waals surface area contributed by atoms with Gasteiger partial charge in [-0.2, -0.15) is 9.59 Å². The lowest BCUT2D eigenvalue weighted by atomic mass is 9.96. The molecule has 38 heavy (non-hydrogen) atoms. The van der Waals surface area contributed by atoms with E-state index in [1.807, 2.05) is 62.3 Å². The van der Waals surface area contributed by atoms with Gasteiger partial charge in [-0.05, 0) is 68.2 Å². The summed E-state index contributed by atoms with van der Waals surface area (Å²) in [5.41, 5.74) is 0. The third-order valence-corrected chi connectivity index (χ3v) is 5.65. The molecule has 2 aliphatic heterocycles. The van der Waals surface area contributed by atoms with Crippen molar-refractivity contribution in [3.63, 3.8) is 0 Å². The predicted molar refractivity (Wildman–Crippen MR) is 156 cm³/mol. The highest BCUT2D eigenvalue weighted by Gasteiger charge is 2.18. The minimum Gasteiger partial charge on any atom is -0.381 e. The lowest BCUT2D eigenvalue weighted by molar-refractivity contribution is 0.0758. The number of aryl methyl sites for hydroxylation is 2. The van der Waals surface area contributed by atoms with Crippen LogP contribution in [0.1, 0.15) is 126 Å². The molecule has 2 aromatic rings. The summed E-state index contributed by atoms with van der Waals surface area (Å²) in [6, 6.07) is 0.311. The van der Waals surface area contributed by atoms with E-state index in [0.717, 1.165) is 49.2 Å². The van der Waals surface area contributed by atoms with Gasteiger partial charge in [0.1, 0.15) is 0 Å². The van der Waals surface area contributed by atoms with Crippen molar-refractivity contribution in [3.05, 3.63) is 11.6 Å². The standard InChI is InChI=1S/2C7H14O.2C5H10N4.2C2H6/c1-6(2)7-3-4-8-5-7;1-6(2)7-4-3-5-8-7;1-4(2)5-6-8-9(3)7-5;1-4(2)9-7-5(3)6-8-9;2*1-2/h2*6-7H,3-5H2,1-2H3;2*4H,1-3H3;2*1-2H3. The SMILES string of the molecule is CC.CC.CC(C)C1CCCO1.CC(C)C1CCOC1.CC(C)c1nnn(C)n1.Cc1nnn(C(C)C)n1. The van der Waals surface area contributed by atoms with Crippen LogP contribution in [0.15, 0.2) is 0 Å². The van der Waals surface area contributed by atoms with Crippen LogP contribution in [0.3, 0.4) is 0 Å². The molecule has 2 aromatic heterocycles. The monoisotopic (exact) mass is 540 g/mol. The molecular formula is C28H60N8O2. The minimum atomic E-state index is 0.311. The van der Waals surface area contributed by atoms with Gasteiger partial charge in [0.15, 0.2) is 11.6 Å². The second-order valence-electron chi connectivity index (χ2n) is 10.2. The van der Waals surface area contributed by atoms with Crippen molar-refractivity contribution in [2.75, 3.05) is 19.8 Å². The summed E-state index contributed by atoms with van der Waals surface area (Å²) in [6.45, 7) is 29.9. The summed E-state index contributed by atoms with van der Waals surface area (Å²) in [4.78, 5) is 3.06. The second kappa shape index (κ2) is 23.0. The van der Waals surface area contributed by atoms with Crippen molar-refractivity contribution in [2.24, 2.45) is 24.8 Å². The van der Waals surface area contributed by atoms with Crippen LogP contribution in [0, 0.1) is 24.7 Å². The fourth-order valence-corrected chi connectivity index (χ4v) is 3.25. The summed E-state index contributed by atoms with van der Waals surface area (Å²) >= 11 is 0. The molecule has 2 unspecified atom stereocenters. The Morgan fingerprint density at radius 2 is 1.42 bits per heavy atom. The lowest BCUT2D eigenvalue weighted by Crippen LogP contribution is -2.12. The zero-order valence-corrected chi connectivity index (χ0v) is 27.1. The summed E-state index contributed by atoms with van der Waals surface area (Å²) in [6.07, 6.45) is 4.38. The van der Waals surface area contributed by atoms with Gasteiger partial charge in [-0.25, -0.2) is 0 Å². The first-order chi connectivity index (χ1) is 18.0. The number of ether oxygens (including phenoxy) is 2. The second-order valence-corrected chi connectivity index (χ2v) is 10.2. The van der Waals surface area contributed by atoms with Gasteiger partial charge in [-0.1, -0.05) is 69.2 Å². The van der Waals surface area contributed by atoms with E-state index in [1.54, 1.807) is 11.8 Å². The van der Waals surface area contributed by atoms with Gasteiger partial charge in [0.2, 0.25) is 0 Å². The lowest BCUT2D eigenvalue weighted by Gasteiger charge is -2.11. The van der Waals surface area contributed by atoms with Crippen molar-refractivity contribution in [2.45, 2.75) is 127 Å². The molecule has 0 spiro atoms. The smallest absolute Gasteiger partial charge is 0.177 e. The van der Waals surface area contributed by atoms with Crippen LogP contribution in [0.4, 0.5) is 0 Å². The highest BCUT2D eigenvalue weighted by atomic mass is 16.5. The van der Waals surface area contributed by atoms with E-state index < -0.39 is 0 Å². The average molecular weight is 541 g/mol. The molecule has 0 N–H and O–H groups in total. The molecule has 10 nitrogen and oxygen atoms in total. The van der Waals surface area contributed by atoms with E-state index in [9.17, 15) is 0 Å². The van der Waals surface area contributed by atoms with Crippen molar-refractivity contribution in [3.8, 4) is 0 Å². The molecule has 2 saturated heterocycles. The van der Waals surface area contributed by atoms with Crippen LogP contribution in [-0.2, 0) is 16.5 Å². The molecule has 0 radical (unpaired) electrons. The van der Waals surface area contributed by atoms with Gasteiger partial charge in [-0.3, -0.25) is 0 Å². The molecule has 2 aliphatic rings. The van der Waals surface area contributed by atoms with E-state index in [1.165, 1.54) is 24.1 Å². The van der Waals surface area contributed by atoms with E-state index >= 15 is 0 Å². The fraction of sp³-hybridized carbons (Fsp3) is 0.929. The average Bonchev–Trinajstić information content (AvgIpc) is 3.71. The van der Waals surface area contributed by atoms with Crippen molar-refractivity contribution < 1.29 is 9.47 Å². The minimum absolute atomic E-state index is 0.311. The largest absolute Gasteiger partial charge is 0.381 e. The van der Waals surface area contributed by atoms with Crippen LogP contribution in [0.25, 0.3) is 0 Å². The first kappa shape index (κ1) is 38.2. The quantitative estimate of drug-likeness (QED) is 0.436. The maximum absolute atomic E-state index is 5.41. The normalized spacial score (nSPS) is 17.8. The Bertz CT molecular complexity index is 698. The van der Waals surface area contributed by atoms with E-state index in [2.05, 4.69) is 58.5 Å². The maximum Gasteiger partial charge on any atom is 0.177 e. The molecule has 0 bridgehead atoms. The van der Waals surface area contributed by atoms with Crippen LogP contribution < -0.4 is 0 Å². The van der Waals surface area contributed by atoms with E-state index in [0.29, 0.717) is 18.1 Å². The van der Waals surface area contributed by atoms with Crippen molar-refractivity contribution in [1.82, 2.24) is 40.4 Å². The third kappa shape index (κ3) is 17.5. The van der Waals surface area contributed by atoms with Crippen molar-refractivity contribution >= 4 is 0 Å². The molecule has 0 aromatic carbocycles. The first-order valence-corrected chi connectivity index (χ1v) is 14.7. The van der Waals surface area contributed by atoms with Gasteiger partial charge < -0.3 is 9.47 Å². The molecular weight excluding hydrogens is 480 g/mol. The fourth-order valence-electron chi connectivity index (χ4n) is 3.25. The maximum atomic E-state index is 5.41. The zero-order chi connectivity index (χ0) is 29.7. The highest BCUT2D eigenvalue weighted by molar-refractivity contribution is 4.84. The molecule has 2 fully saturated rings.